The van der Waals surface area contributed by atoms with Crippen molar-refractivity contribution in [2.75, 3.05) is 11.6 Å². The van der Waals surface area contributed by atoms with Crippen molar-refractivity contribution in [3.8, 4) is 0 Å². The minimum atomic E-state index is 0.633. The molecule has 2 aromatic rings. The van der Waals surface area contributed by atoms with Gasteiger partial charge in [0, 0.05) is 17.6 Å². The van der Waals surface area contributed by atoms with Crippen molar-refractivity contribution < 1.29 is 0 Å². The standard InChI is InChI=1S/C15H16N2S2/c1-18-15-17-12-6-5-10(8-14(12)19-15)16-13-7-9-3-2-4-11(9)13/h2,4-6,8-9,11,13,16H,3,7H2,1H3. The second kappa shape index (κ2) is 4.53. The van der Waals surface area contributed by atoms with Crippen LogP contribution in [0.3, 0.4) is 0 Å². The highest BCUT2D eigenvalue weighted by molar-refractivity contribution is 8.00. The lowest BCUT2D eigenvalue weighted by molar-refractivity contribution is 0.218. The molecule has 4 rings (SSSR count). The highest BCUT2D eigenvalue weighted by atomic mass is 32.2. The third kappa shape index (κ3) is 1.98. The van der Waals surface area contributed by atoms with Crippen LogP contribution < -0.4 is 5.32 Å². The number of thioether (sulfide) groups is 1. The van der Waals surface area contributed by atoms with Crippen molar-refractivity contribution >= 4 is 39.0 Å². The summed E-state index contributed by atoms with van der Waals surface area (Å²) in [6.07, 6.45) is 9.41. The zero-order valence-electron chi connectivity index (χ0n) is 10.8. The van der Waals surface area contributed by atoms with Crippen LogP contribution in [0.25, 0.3) is 10.2 Å². The molecule has 2 nitrogen and oxygen atoms in total. The van der Waals surface area contributed by atoms with Crippen LogP contribution in [0, 0.1) is 11.8 Å². The maximum atomic E-state index is 4.58. The molecule has 4 heteroatoms. The van der Waals surface area contributed by atoms with Gasteiger partial charge in [0.25, 0.3) is 0 Å². The summed E-state index contributed by atoms with van der Waals surface area (Å²) in [5.41, 5.74) is 2.36. The third-order valence-electron chi connectivity index (χ3n) is 4.26. The first-order chi connectivity index (χ1) is 9.33. The number of fused-ring (bicyclic) bond motifs is 2. The van der Waals surface area contributed by atoms with E-state index in [1.54, 1.807) is 23.1 Å². The first-order valence-electron chi connectivity index (χ1n) is 6.71. The predicted molar refractivity (Wildman–Crippen MR) is 84.2 cm³/mol. The van der Waals surface area contributed by atoms with E-state index in [4.69, 9.17) is 0 Å². The van der Waals surface area contributed by atoms with Crippen LogP contribution in [0.15, 0.2) is 34.7 Å². The number of hydrogen-bond donors (Lipinski definition) is 1. The Morgan fingerprint density at radius 1 is 1.42 bits per heavy atom. The van der Waals surface area contributed by atoms with Crippen LogP contribution in [0.2, 0.25) is 0 Å². The number of aromatic nitrogens is 1. The van der Waals surface area contributed by atoms with E-state index in [1.807, 2.05) is 0 Å². The van der Waals surface area contributed by atoms with E-state index in [-0.39, 0.29) is 0 Å². The Morgan fingerprint density at radius 2 is 2.37 bits per heavy atom. The van der Waals surface area contributed by atoms with Crippen LogP contribution in [0.4, 0.5) is 5.69 Å². The third-order valence-corrected chi connectivity index (χ3v) is 6.26. The molecular weight excluding hydrogens is 272 g/mol. The van der Waals surface area contributed by atoms with Gasteiger partial charge in [0.1, 0.15) is 0 Å². The van der Waals surface area contributed by atoms with Crippen molar-refractivity contribution in [2.24, 2.45) is 11.8 Å². The van der Waals surface area contributed by atoms with Gasteiger partial charge in [-0.2, -0.15) is 0 Å². The highest BCUT2D eigenvalue weighted by Gasteiger charge is 2.40. The lowest BCUT2D eigenvalue weighted by Crippen LogP contribution is -2.43. The van der Waals surface area contributed by atoms with Gasteiger partial charge in [0.15, 0.2) is 4.34 Å². The zero-order chi connectivity index (χ0) is 12.8. The molecular formula is C15H16N2S2. The number of allylic oxidation sites excluding steroid dienone is 1. The Balaban J connectivity index is 1.56. The van der Waals surface area contributed by atoms with Crippen LogP contribution in [-0.4, -0.2) is 17.3 Å². The average molecular weight is 288 g/mol. The second-order valence-electron chi connectivity index (χ2n) is 5.35. The summed E-state index contributed by atoms with van der Waals surface area (Å²) < 4.78 is 2.43. The van der Waals surface area contributed by atoms with Crippen LogP contribution >= 0.6 is 23.1 Å². The minimum Gasteiger partial charge on any atom is -0.382 e. The quantitative estimate of drug-likeness (QED) is 0.669. The van der Waals surface area contributed by atoms with E-state index in [0.717, 1.165) is 21.7 Å². The van der Waals surface area contributed by atoms with E-state index >= 15 is 0 Å². The van der Waals surface area contributed by atoms with Crippen molar-refractivity contribution in [2.45, 2.75) is 23.2 Å². The molecule has 1 aromatic heterocycles. The van der Waals surface area contributed by atoms with Crippen molar-refractivity contribution in [3.63, 3.8) is 0 Å². The first-order valence-corrected chi connectivity index (χ1v) is 8.75. The fraction of sp³-hybridized carbons (Fsp3) is 0.400. The second-order valence-corrected chi connectivity index (χ2v) is 7.44. The lowest BCUT2D eigenvalue weighted by Gasteiger charge is -2.41. The molecule has 1 aromatic carbocycles. The molecule has 0 amide bonds. The normalized spacial score (nSPS) is 28.4. The number of benzene rings is 1. The summed E-state index contributed by atoms with van der Waals surface area (Å²) in [7, 11) is 0. The summed E-state index contributed by atoms with van der Waals surface area (Å²) >= 11 is 3.50. The van der Waals surface area contributed by atoms with Gasteiger partial charge in [-0.3, -0.25) is 0 Å². The van der Waals surface area contributed by atoms with E-state index < -0.39 is 0 Å². The fourth-order valence-corrected chi connectivity index (χ4v) is 4.71. The predicted octanol–water partition coefficient (Wildman–Crippen LogP) is 4.39. The largest absolute Gasteiger partial charge is 0.382 e. The summed E-state index contributed by atoms with van der Waals surface area (Å²) in [6.45, 7) is 0. The highest BCUT2D eigenvalue weighted by Crippen LogP contribution is 2.44. The van der Waals surface area contributed by atoms with Crippen molar-refractivity contribution in [3.05, 3.63) is 30.4 Å². The minimum absolute atomic E-state index is 0.633. The molecule has 0 saturated heterocycles. The molecule has 3 atom stereocenters. The molecule has 1 heterocycles. The topological polar surface area (TPSA) is 24.9 Å². The fourth-order valence-electron chi connectivity index (χ4n) is 3.18. The van der Waals surface area contributed by atoms with Gasteiger partial charge in [-0.1, -0.05) is 23.9 Å². The average Bonchev–Trinajstić information content (AvgIpc) is 2.98. The number of nitrogens with one attached hydrogen (secondary N) is 1. The van der Waals surface area contributed by atoms with Crippen molar-refractivity contribution in [1.29, 1.82) is 0 Å². The number of thiazole rings is 1. The van der Waals surface area contributed by atoms with Gasteiger partial charge in [-0.05, 0) is 43.2 Å². The van der Waals surface area contributed by atoms with Crippen LogP contribution in [0.1, 0.15) is 12.8 Å². The lowest BCUT2D eigenvalue weighted by atomic mass is 9.71. The Bertz CT molecular complexity index is 647. The van der Waals surface area contributed by atoms with E-state index in [1.165, 1.54) is 23.2 Å². The summed E-state index contributed by atoms with van der Waals surface area (Å²) in [4.78, 5) is 4.58. The molecule has 1 N–H and O–H groups in total. The Morgan fingerprint density at radius 3 is 3.21 bits per heavy atom. The smallest absolute Gasteiger partial charge is 0.150 e. The summed E-state index contributed by atoms with van der Waals surface area (Å²) in [5.74, 6) is 1.67. The number of anilines is 1. The Kier molecular flexibility index (Phi) is 2.81. The van der Waals surface area contributed by atoms with Gasteiger partial charge < -0.3 is 5.32 Å². The maximum Gasteiger partial charge on any atom is 0.150 e. The van der Waals surface area contributed by atoms with E-state index in [0.29, 0.717) is 6.04 Å². The molecule has 0 aliphatic heterocycles. The van der Waals surface area contributed by atoms with Crippen LogP contribution in [0.5, 0.6) is 0 Å². The molecule has 1 fully saturated rings. The molecule has 1 saturated carbocycles. The van der Waals surface area contributed by atoms with Crippen LogP contribution in [-0.2, 0) is 0 Å². The summed E-state index contributed by atoms with van der Waals surface area (Å²) in [5, 5.41) is 3.69. The first kappa shape index (κ1) is 11.8. The molecule has 2 aliphatic carbocycles. The maximum absolute atomic E-state index is 4.58. The molecule has 0 spiro atoms. The SMILES string of the molecule is CSc1nc2ccc(NC3CC4CC=CC43)cc2s1. The van der Waals surface area contributed by atoms with E-state index in [9.17, 15) is 0 Å². The number of hydrogen-bond acceptors (Lipinski definition) is 4. The van der Waals surface area contributed by atoms with Gasteiger partial charge in [0.2, 0.25) is 0 Å². The monoisotopic (exact) mass is 288 g/mol. The molecule has 98 valence electrons. The Labute approximate surface area is 121 Å². The number of nitrogens with zero attached hydrogens (tertiary/aromatic N) is 1. The summed E-state index contributed by atoms with van der Waals surface area (Å²) in [6, 6.07) is 7.18. The van der Waals surface area contributed by atoms with Gasteiger partial charge in [0.05, 0.1) is 10.2 Å². The Hall–Kier alpha value is -1.000. The molecule has 0 bridgehead atoms. The molecule has 0 radical (unpaired) electrons. The number of rotatable bonds is 3. The molecule has 2 aliphatic rings. The van der Waals surface area contributed by atoms with E-state index in [2.05, 4.69) is 46.9 Å². The van der Waals surface area contributed by atoms with Gasteiger partial charge in [-0.25, -0.2) is 4.98 Å². The van der Waals surface area contributed by atoms with Crippen molar-refractivity contribution in [1.82, 2.24) is 4.98 Å². The molecule has 3 unspecified atom stereocenters. The van der Waals surface area contributed by atoms with Gasteiger partial charge in [-0.15, -0.1) is 11.3 Å². The van der Waals surface area contributed by atoms with Gasteiger partial charge >= 0.3 is 0 Å². The molecule has 19 heavy (non-hydrogen) atoms. The zero-order valence-corrected chi connectivity index (χ0v) is 12.4.